The molecule has 0 spiro atoms. The zero-order valence-corrected chi connectivity index (χ0v) is 10.5. The van der Waals surface area contributed by atoms with Gasteiger partial charge in [-0.2, -0.15) is 0 Å². The molecule has 0 saturated heterocycles. The molecule has 0 amide bonds. The molecule has 2 N–H and O–H groups in total. The summed E-state index contributed by atoms with van der Waals surface area (Å²) in [5.74, 6) is 1.47. The van der Waals surface area contributed by atoms with Crippen LogP contribution in [0, 0.1) is 11.8 Å². The van der Waals surface area contributed by atoms with Gasteiger partial charge in [0.25, 0.3) is 0 Å². The van der Waals surface area contributed by atoms with Crippen molar-refractivity contribution in [2.24, 2.45) is 11.8 Å². The van der Waals surface area contributed by atoms with Crippen LogP contribution in [0.4, 0.5) is 0 Å². The van der Waals surface area contributed by atoms with Crippen LogP contribution in [-0.4, -0.2) is 23.8 Å². The Morgan fingerprint density at radius 3 is 2.33 bits per heavy atom. The van der Waals surface area contributed by atoms with Crippen molar-refractivity contribution in [3.8, 4) is 0 Å². The summed E-state index contributed by atoms with van der Waals surface area (Å²) in [4.78, 5) is 0. The zero-order valence-electron chi connectivity index (χ0n) is 10.5. The van der Waals surface area contributed by atoms with Crippen molar-refractivity contribution in [3.63, 3.8) is 0 Å². The van der Waals surface area contributed by atoms with Crippen molar-refractivity contribution < 1.29 is 5.11 Å². The van der Waals surface area contributed by atoms with Gasteiger partial charge in [0.15, 0.2) is 0 Å². The Morgan fingerprint density at radius 1 is 1.20 bits per heavy atom. The molecule has 3 unspecified atom stereocenters. The zero-order chi connectivity index (χ0) is 11.3. The normalized spacial score (nSPS) is 24.0. The topological polar surface area (TPSA) is 32.3 Å². The highest BCUT2D eigenvalue weighted by atomic mass is 16.3. The van der Waals surface area contributed by atoms with Crippen LogP contribution >= 0.6 is 0 Å². The molecule has 0 aromatic heterocycles. The van der Waals surface area contributed by atoms with E-state index < -0.39 is 0 Å². The summed E-state index contributed by atoms with van der Waals surface area (Å²) < 4.78 is 0. The van der Waals surface area contributed by atoms with Gasteiger partial charge in [0.2, 0.25) is 0 Å². The first-order valence-electron chi connectivity index (χ1n) is 6.51. The molecule has 0 aromatic rings. The molecular formula is C13H27NO. The Morgan fingerprint density at radius 2 is 1.80 bits per heavy atom. The van der Waals surface area contributed by atoms with Crippen LogP contribution in [0.15, 0.2) is 0 Å². The largest absolute Gasteiger partial charge is 0.393 e. The second-order valence-electron chi connectivity index (χ2n) is 5.43. The molecule has 0 bridgehead atoms. The lowest BCUT2D eigenvalue weighted by Gasteiger charge is -2.23. The maximum absolute atomic E-state index is 9.27. The molecule has 2 nitrogen and oxygen atoms in total. The van der Waals surface area contributed by atoms with E-state index in [0.717, 1.165) is 18.9 Å². The molecule has 1 rings (SSSR count). The van der Waals surface area contributed by atoms with Gasteiger partial charge in [-0.1, -0.05) is 19.8 Å². The van der Waals surface area contributed by atoms with Gasteiger partial charge < -0.3 is 10.4 Å². The average Bonchev–Trinajstić information content (AvgIpc) is 2.65. The molecule has 0 aliphatic heterocycles. The van der Waals surface area contributed by atoms with Crippen LogP contribution in [-0.2, 0) is 0 Å². The molecule has 1 fully saturated rings. The van der Waals surface area contributed by atoms with Gasteiger partial charge in [-0.3, -0.25) is 0 Å². The van der Waals surface area contributed by atoms with Crippen LogP contribution in [0.2, 0.25) is 0 Å². The first kappa shape index (κ1) is 13.0. The molecule has 1 aliphatic rings. The second kappa shape index (κ2) is 6.49. The van der Waals surface area contributed by atoms with Crippen molar-refractivity contribution >= 4 is 0 Å². The molecule has 2 heteroatoms. The second-order valence-corrected chi connectivity index (χ2v) is 5.43. The molecular weight excluding hydrogens is 186 g/mol. The highest BCUT2D eigenvalue weighted by Gasteiger charge is 2.21. The molecule has 15 heavy (non-hydrogen) atoms. The number of rotatable bonds is 6. The third-order valence-corrected chi connectivity index (χ3v) is 3.64. The number of hydrogen-bond acceptors (Lipinski definition) is 2. The van der Waals surface area contributed by atoms with Crippen LogP contribution in [0.3, 0.4) is 0 Å². The molecule has 1 saturated carbocycles. The van der Waals surface area contributed by atoms with Crippen LogP contribution in [0.25, 0.3) is 0 Å². The fourth-order valence-electron chi connectivity index (χ4n) is 2.68. The van der Waals surface area contributed by atoms with E-state index >= 15 is 0 Å². The molecule has 0 aromatic carbocycles. The van der Waals surface area contributed by atoms with Crippen molar-refractivity contribution in [2.75, 3.05) is 6.54 Å². The van der Waals surface area contributed by atoms with Gasteiger partial charge in [-0.05, 0) is 51.5 Å². The van der Waals surface area contributed by atoms with E-state index in [-0.39, 0.29) is 6.10 Å². The van der Waals surface area contributed by atoms with Gasteiger partial charge in [-0.15, -0.1) is 0 Å². The quantitative estimate of drug-likeness (QED) is 0.711. The van der Waals surface area contributed by atoms with Gasteiger partial charge in [0, 0.05) is 6.04 Å². The lowest BCUT2D eigenvalue weighted by atomic mass is 9.98. The van der Waals surface area contributed by atoms with Gasteiger partial charge >= 0.3 is 0 Å². The molecule has 0 heterocycles. The minimum atomic E-state index is -0.163. The lowest BCUT2D eigenvalue weighted by molar-refractivity contribution is 0.161. The standard InChI is InChI=1S/C13H27NO/c1-10(8-11(2)15)9-14-12(3)13-6-4-5-7-13/h10-15H,4-9H2,1-3H3. The fraction of sp³-hybridized carbons (Fsp3) is 1.00. The van der Waals surface area contributed by atoms with Crippen LogP contribution < -0.4 is 5.32 Å². The summed E-state index contributed by atoms with van der Waals surface area (Å²) in [5.41, 5.74) is 0. The average molecular weight is 213 g/mol. The van der Waals surface area contributed by atoms with Crippen LogP contribution in [0.5, 0.6) is 0 Å². The Kier molecular flexibility index (Phi) is 5.62. The predicted molar refractivity (Wildman–Crippen MR) is 64.9 cm³/mol. The summed E-state index contributed by atoms with van der Waals surface area (Å²) in [7, 11) is 0. The minimum Gasteiger partial charge on any atom is -0.393 e. The van der Waals surface area contributed by atoms with Crippen LogP contribution in [0.1, 0.15) is 52.9 Å². The Hall–Kier alpha value is -0.0800. The Bertz CT molecular complexity index is 164. The Labute approximate surface area is 94.5 Å². The molecule has 3 atom stereocenters. The van der Waals surface area contributed by atoms with Crippen molar-refractivity contribution in [3.05, 3.63) is 0 Å². The van der Waals surface area contributed by atoms with E-state index in [0.29, 0.717) is 12.0 Å². The summed E-state index contributed by atoms with van der Waals surface area (Å²) in [6, 6.07) is 0.656. The monoisotopic (exact) mass is 213 g/mol. The van der Waals surface area contributed by atoms with E-state index in [1.165, 1.54) is 25.7 Å². The fourth-order valence-corrected chi connectivity index (χ4v) is 2.68. The summed E-state index contributed by atoms with van der Waals surface area (Å²) in [6.45, 7) is 7.44. The van der Waals surface area contributed by atoms with Crippen molar-refractivity contribution in [1.29, 1.82) is 0 Å². The van der Waals surface area contributed by atoms with Gasteiger partial charge in [-0.25, -0.2) is 0 Å². The van der Waals surface area contributed by atoms with E-state index in [9.17, 15) is 5.11 Å². The van der Waals surface area contributed by atoms with E-state index in [1.54, 1.807) is 0 Å². The molecule has 0 radical (unpaired) electrons. The first-order valence-corrected chi connectivity index (χ1v) is 6.51. The predicted octanol–water partition coefficient (Wildman–Crippen LogP) is 2.56. The number of hydrogen-bond donors (Lipinski definition) is 2. The smallest absolute Gasteiger partial charge is 0.0515 e. The Balaban J connectivity index is 2.12. The minimum absolute atomic E-state index is 0.163. The maximum Gasteiger partial charge on any atom is 0.0515 e. The van der Waals surface area contributed by atoms with Gasteiger partial charge in [0.05, 0.1) is 6.10 Å². The van der Waals surface area contributed by atoms with Gasteiger partial charge in [0.1, 0.15) is 0 Å². The number of aliphatic hydroxyl groups is 1. The third kappa shape index (κ3) is 4.98. The maximum atomic E-state index is 9.27. The van der Waals surface area contributed by atoms with E-state index in [4.69, 9.17) is 0 Å². The number of aliphatic hydroxyl groups excluding tert-OH is 1. The van der Waals surface area contributed by atoms with Crippen molar-refractivity contribution in [1.82, 2.24) is 5.32 Å². The molecule has 90 valence electrons. The van der Waals surface area contributed by atoms with Crippen molar-refractivity contribution in [2.45, 2.75) is 65.0 Å². The summed E-state index contributed by atoms with van der Waals surface area (Å²) in [5, 5.41) is 12.9. The van der Waals surface area contributed by atoms with E-state index in [2.05, 4.69) is 19.2 Å². The summed E-state index contributed by atoms with van der Waals surface area (Å²) >= 11 is 0. The lowest BCUT2D eigenvalue weighted by Crippen LogP contribution is -2.35. The summed E-state index contributed by atoms with van der Waals surface area (Å²) in [6.07, 6.45) is 6.38. The van der Waals surface area contributed by atoms with E-state index in [1.807, 2.05) is 6.92 Å². The SMILES string of the molecule is CC(O)CC(C)CNC(C)C1CCCC1. The highest BCUT2D eigenvalue weighted by molar-refractivity contribution is 4.77. The highest BCUT2D eigenvalue weighted by Crippen LogP contribution is 2.27. The molecule has 1 aliphatic carbocycles. The number of nitrogens with one attached hydrogen (secondary N) is 1. The first-order chi connectivity index (χ1) is 7.09. The third-order valence-electron chi connectivity index (χ3n) is 3.64.